The van der Waals surface area contributed by atoms with Crippen LogP contribution in [0.25, 0.3) is 0 Å². The van der Waals surface area contributed by atoms with Gasteiger partial charge >= 0.3 is 0 Å². The van der Waals surface area contributed by atoms with E-state index in [2.05, 4.69) is 29.8 Å². The molecule has 0 unspecified atom stereocenters. The number of anilines is 2. The Morgan fingerprint density at radius 2 is 2.13 bits per heavy atom. The van der Waals surface area contributed by atoms with E-state index in [-0.39, 0.29) is 22.9 Å². The van der Waals surface area contributed by atoms with Gasteiger partial charge in [0.15, 0.2) is 0 Å². The van der Waals surface area contributed by atoms with Gasteiger partial charge in [-0.25, -0.2) is 4.39 Å². The van der Waals surface area contributed by atoms with E-state index in [1.807, 2.05) is 29.6 Å². The van der Waals surface area contributed by atoms with Crippen LogP contribution in [-0.4, -0.2) is 50.4 Å². The minimum atomic E-state index is -0.405. The van der Waals surface area contributed by atoms with Crippen LogP contribution in [0.3, 0.4) is 0 Å². The number of hydrogen-bond donors (Lipinski definition) is 3. The Bertz CT molecular complexity index is 976. The van der Waals surface area contributed by atoms with Gasteiger partial charge in [0.05, 0.1) is 16.1 Å². The molecule has 1 aromatic carbocycles. The van der Waals surface area contributed by atoms with Gasteiger partial charge in [-0.05, 0) is 65.2 Å². The number of hydrogen-bond acceptors (Lipinski definition) is 5. The summed E-state index contributed by atoms with van der Waals surface area (Å²) in [4.78, 5) is 28.3. The van der Waals surface area contributed by atoms with Crippen molar-refractivity contribution < 1.29 is 14.0 Å². The van der Waals surface area contributed by atoms with Crippen LogP contribution in [0, 0.1) is 14.8 Å². The Morgan fingerprint density at radius 1 is 1.40 bits per heavy atom. The van der Waals surface area contributed by atoms with Crippen LogP contribution in [-0.2, 0) is 6.42 Å². The normalized spacial score (nSPS) is 15.2. The zero-order valence-corrected chi connectivity index (χ0v) is 20.5. The molecule has 6 nitrogen and oxygen atoms in total. The zero-order chi connectivity index (χ0) is 22.1. The highest BCUT2D eigenvalue weighted by Crippen LogP contribution is 2.41. The third-order valence-electron chi connectivity index (χ3n) is 5.03. The number of thiophene rings is 1. The summed E-state index contributed by atoms with van der Waals surface area (Å²) in [5.41, 5.74) is 1.26. The van der Waals surface area contributed by atoms with Crippen molar-refractivity contribution in [2.75, 3.05) is 39.0 Å². The maximum Gasteiger partial charge on any atom is 0.261 e. The Balaban J connectivity index is 2.10. The first-order chi connectivity index (χ1) is 14.1. The average Bonchev–Trinajstić information content (AvgIpc) is 2.97. The first-order valence-electron chi connectivity index (χ1n) is 9.69. The maximum atomic E-state index is 14.5. The topological polar surface area (TPSA) is 73.5 Å². The van der Waals surface area contributed by atoms with Gasteiger partial charge in [-0.2, -0.15) is 0 Å². The molecular weight excluding hydrogens is 518 g/mol. The first kappa shape index (κ1) is 23.0. The molecule has 0 spiro atoms. The largest absolute Gasteiger partial charge is 0.351 e. The number of halogens is 2. The summed E-state index contributed by atoms with van der Waals surface area (Å²) in [5, 5.41) is 9.56. The van der Waals surface area contributed by atoms with Crippen molar-refractivity contribution in [3.63, 3.8) is 0 Å². The summed E-state index contributed by atoms with van der Waals surface area (Å²) >= 11 is 3.25. The molecule has 3 rings (SSSR count). The van der Waals surface area contributed by atoms with Gasteiger partial charge in [-0.1, -0.05) is 13.8 Å². The SMILES string of the molecule is CNCCN(C)C(=O)c1c(Nc2ccc(I)cc2F)sc2c1CC(C)(C)CNC2=O. The van der Waals surface area contributed by atoms with E-state index < -0.39 is 5.82 Å². The molecule has 0 aliphatic carbocycles. The Hall–Kier alpha value is -1.72. The third kappa shape index (κ3) is 4.94. The Labute approximate surface area is 193 Å². The maximum absolute atomic E-state index is 14.5. The lowest BCUT2D eigenvalue weighted by molar-refractivity contribution is 0.0796. The molecule has 1 aliphatic heterocycles. The molecule has 1 aliphatic rings. The van der Waals surface area contributed by atoms with E-state index in [1.54, 1.807) is 24.1 Å². The fourth-order valence-corrected chi connectivity index (χ4v) is 4.95. The van der Waals surface area contributed by atoms with E-state index in [1.165, 1.54) is 17.4 Å². The lowest BCUT2D eigenvalue weighted by atomic mass is 9.85. The second kappa shape index (κ2) is 9.19. The molecule has 30 heavy (non-hydrogen) atoms. The molecule has 2 heterocycles. The average molecular weight is 544 g/mol. The molecule has 0 saturated heterocycles. The number of rotatable bonds is 6. The summed E-state index contributed by atoms with van der Waals surface area (Å²) in [6.45, 7) is 5.82. The first-order valence-corrected chi connectivity index (χ1v) is 11.6. The van der Waals surface area contributed by atoms with Crippen LogP contribution in [0.1, 0.15) is 39.4 Å². The summed E-state index contributed by atoms with van der Waals surface area (Å²) in [6.07, 6.45) is 0.579. The van der Waals surface area contributed by atoms with Crippen molar-refractivity contribution in [1.82, 2.24) is 15.5 Å². The smallest absolute Gasteiger partial charge is 0.261 e. The Kier molecular flexibility index (Phi) is 7.03. The number of benzene rings is 1. The lowest BCUT2D eigenvalue weighted by Crippen LogP contribution is -2.34. The van der Waals surface area contributed by atoms with Crippen LogP contribution >= 0.6 is 33.9 Å². The highest BCUT2D eigenvalue weighted by Gasteiger charge is 2.35. The van der Waals surface area contributed by atoms with Crippen LogP contribution in [0.4, 0.5) is 15.1 Å². The molecule has 0 radical (unpaired) electrons. The summed E-state index contributed by atoms with van der Waals surface area (Å²) in [5.74, 6) is -0.775. The quantitative estimate of drug-likeness (QED) is 0.484. The van der Waals surface area contributed by atoms with Gasteiger partial charge in [-0.3, -0.25) is 9.59 Å². The molecule has 0 saturated carbocycles. The van der Waals surface area contributed by atoms with Gasteiger partial charge in [0.2, 0.25) is 0 Å². The van der Waals surface area contributed by atoms with Gasteiger partial charge < -0.3 is 20.9 Å². The molecule has 0 bridgehead atoms. The monoisotopic (exact) mass is 544 g/mol. The summed E-state index contributed by atoms with van der Waals surface area (Å²) in [6, 6.07) is 4.86. The number of nitrogens with zero attached hydrogens (tertiary/aromatic N) is 1. The molecule has 0 atom stereocenters. The minimum absolute atomic E-state index is 0.179. The van der Waals surface area contributed by atoms with Gasteiger partial charge in [-0.15, -0.1) is 11.3 Å². The van der Waals surface area contributed by atoms with E-state index in [0.29, 0.717) is 41.5 Å². The van der Waals surface area contributed by atoms with Crippen molar-refractivity contribution in [3.05, 3.63) is 43.6 Å². The molecular formula is C21H26FIN4O2S. The predicted octanol–water partition coefficient (Wildman–Crippen LogP) is 3.84. The number of carbonyl (C=O) groups is 2. The minimum Gasteiger partial charge on any atom is -0.351 e. The van der Waals surface area contributed by atoms with Crippen molar-refractivity contribution in [2.24, 2.45) is 5.41 Å². The number of amides is 2. The van der Waals surface area contributed by atoms with Gasteiger partial charge in [0, 0.05) is 30.3 Å². The number of fused-ring (bicyclic) bond motifs is 1. The van der Waals surface area contributed by atoms with Crippen LogP contribution < -0.4 is 16.0 Å². The molecule has 2 amide bonds. The van der Waals surface area contributed by atoms with Crippen molar-refractivity contribution in [2.45, 2.75) is 20.3 Å². The fraction of sp³-hybridized carbons (Fsp3) is 0.429. The van der Waals surface area contributed by atoms with E-state index in [4.69, 9.17) is 0 Å². The van der Waals surface area contributed by atoms with Gasteiger partial charge in [0.25, 0.3) is 11.8 Å². The number of carbonyl (C=O) groups excluding carboxylic acids is 2. The molecule has 2 aromatic rings. The second-order valence-electron chi connectivity index (χ2n) is 8.22. The molecule has 3 N–H and O–H groups in total. The summed E-state index contributed by atoms with van der Waals surface area (Å²) in [7, 11) is 3.56. The zero-order valence-electron chi connectivity index (χ0n) is 17.5. The van der Waals surface area contributed by atoms with Gasteiger partial charge in [0.1, 0.15) is 10.8 Å². The molecule has 0 fully saturated rings. The number of likely N-dealkylation sites (N-methyl/N-ethyl adjacent to an activating group) is 2. The lowest BCUT2D eigenvalue weighted by Gasteiger charge is -2.24. The second-order valence-corrected chi connectivity index (χ2v) is 10.5. The fourth-order valence-electron chi connectivity index (χ4n) is 3.36. The predicted molar refractivity (Wildman–Crippen MR) is 127 cm³/mol. The van der Waals surface area contributed by atoms with Crippen LogP contribution in [0.5, 0.6) is 0 Å². The van der Waals surface area contributed by atoms with Crippen molar-refractivity contribution in [1.29, 1.82) is 0 Å². The standard InChI is InChI=1S/C21H26FIN4O2S/c1-21(2)10-13-16(20(29)27(4)8-7-24-3)19(30-17(13)18(28)25-11-21)26-15-6-5-12(23)9-14(15)22/h5-6,9,24,26H,7-8,10-11H2,1-4H3,(H,25,28). The Morgan fingerprint density at radius 3 is 2.80 bits per heavy atom. The van der Waals surface area contributed by atoms with Crippen LogP contribution in [0.15, 0.2) is 18.2 Å². The van der Waals surface area contributed by atoms with Crippen molar-refractivity contribution >= 4 is 56.4 Å². The number of nitrogens with one attached hydrogen (secondary N) is 3. The summed E-state index contributed by atoms with van der Waals surface area (Å²) < 4.78 is 15.3. The molecule has 162 valence electrons. The highest BCUT2D eigenvalue weighted by atomic mass is 127. The highest BCUT2D eigenvalue weighted by molar-refractivity contribution is 14.1. The van der Waals surface area contributed by atoms with E-state index in [0.717, 1.165) is 9.13 Å². The third-order valence-corrected chi connectivity index (χ3v) is 6.85. The molecule has 9 heteroatoms. The van der Waals surface area contributed by atoms with E-state index >= 15 is 0 Å². The van der Waals surface area contributed by atoms with E-state index in [9.17, 15) is 14.0 Å². The van der Waals surface area contributed by atoms with Crippen LogP contribution in [0.2, 0.25) is 0 Å². The molecule has 1 aromatic heterocycles. The van der Waals surface area contributed by atoms with Crippen molar-refractivity contribution in [3.8, 4) is 0 Å².